The Labute approximate surface area is 325 Å². The topological polar surface area (TPSA) is 267 Å². The molecule has 0 aliphatic heterocycles. The lowest BCUT2D eigenvalue weighted by molar-refractivity contribution is -0.134. The van der Waals surface area contributed by atoms with Gasteiger partial charge in [0, 0.05) is 36.1 Å². The second-order valence-corrected chi connectivity index (χ2v) is 15.0. The van der Waals surface area contributed by atoms with Gasteiger partial charge in [-0.05, 0) is 109 Å². The van der Waals surface area contributed by atoms with Gasteiger partial charge in [0.25, 0.3) is 17.7 Å². The number of nitrogens with one attached hydrogen (secondary N) is 5. The standard InChI is InChI=1S/C40H53N5O11/c1-38(2,44-24-46)23-39(3,4)45-37(56)40(17-8-20-41-34(53)25-11-5-14-28(47)31(25)50,18-9-21-42-35(54)26-12-6-15-29(48)32(26)51)19-10-22-43-36(55)27-13-7-16-30(49)33(27)52/h5-7,11-16,24,47-52H,8-10,17-23H2,1-4H3,(H,41,53)(H,42,54)(H,43,55)(H,44,46)(H,45,56). The largest absolute Gasteiger partial charge is 0.504 e. The summed E-state index contributed by atoms with van der Waals surface area (Å²) in [6, 6.07) is 12.0. The predicted octanol–water partition coefficient (Wildman–Crippen LogP) is 3.65. The van der Waals surface area contributed by atoms with Crippen molar-refractivity contribution in [3.63, 3.8) is 0 Å². The first kappa shape index (κ1) is 44.2. The molecule has 16 heteroatoms. The van der Waals surface area contributed by atoms with E-state index in [1.165, 1.54) is 54.6 Å². The SMILES string of the molecule is CC(C)(CC(C)(C)NC(=O)C(CCCNC(=O)c1cccc(O)c1O)(CCCNC(=O)c1cccc(O)c1O)CCCNC(=O)c1cccc(O)c1O)NC=O. The maximum Gasteiger partial charge on any atom is 0.255 e. The molecule has 0 unspecified atom stereocenters. The van der Waals surface area contributed by atoms with Gasteiger partial charge in [0.15, 0.2) is 34.5 Å². The van der Waals surface area contributed by atoms with E-state index < -0.39 is 68.7 Å². The number of benzene rings is 3. The molecule has 3 aromatic carbocycles. The molecule has 5 amide bonds. The molecule has 0 spiro atoms. The van der Waals surface area contributed by atoms with Crippen LogP contribution in [0.15, 0.2) is 54.6 Å². The molecule has 0 aliphatic carbocycles. The molecule has 304 valence electrons. The number of para-hydroxylation sites is 3. The molecule has 0 aliphatic rings. The Morgan fingerprint density at radius 3 is 1.21 bits per heavy atom. The van der Waals surface area contributed by atoms with Crippen molar-refractivity contribution in [1.29, 1.82) is 0 Å². The van der Waals surface area contributed by atoms with Crippen LogP contribution in [-0.4, -0.2) is 91.4 Å². The summed E-state index contributed by atoms with van der Waals surface area (Å²) in [4.78, 5) is 64.5. The maximum absolute atomic E-state index is 14.6. The summed E-state index contributed by atoms with van der Waals surface area (Å²) >= 11 is 0. The first-order valence-electron chi connectivity index (χ1n) is 18.2. The third kappa shape index (κ3) is 12.2. The van der Waals surface area contributed by atoms with Crippen molar-refractivity contribution in [3.8, 4) is 34.5 Å². The highest BCUT2D eigenvalue weighted by Crippen LogP contribution is 2.37. The lowest BCUT2D eigenvalue weighted by Crippen LogP contribution is -2.55. The zero-order valence-electron chi connectivity index (χ0n) is 32.1. The van der Waals surface area contributed by atoms with Crippen LogP contribution in [0.1, 0.15) is 104 Å². The van der Waals surface area contributed by atoms with Crippen LogP contribution in [0.25, 0.3) is 0 Å². The Kier molecular flexibility index (Phi) is 15.3. The molecule has 0 saturated heterocycles. The van der Waals surface area contributed by atoms with Gasteiger partial charge in [-0.25, -0.2) is 0 Å². The summed E-state index contributed by atoms with van der Waals surface area (Å²) in [5.41, 5.74) is -3.09. The van der Waals surface area contributed by atoms with Gasteiger partial charge in [-0.3, -0.25) is 24.0 Å². The first-order chi connectivity index (χ1) is 26.3. The van der Waals surface area contributed by atoms with Crippen LogP contribution >= 0.6 is 0 Å². The van der Waals surface area contributed by atoms with Crippen molar-refractivity contribution in [2.24, 2.45) is 5.41 Å². The number of hydrogen-bond acceptors (Lipinski definition) is 11. The summed E-state index contributed by atoms with van der Waals surface area (Å²) in [7, 11) is 0. The molecule has 0 atom stereocenters. The number of aromatic hydroxyl groups is 6. The zero-order chi connectivity index (χ0) is 41.7. The average molecular weight is 780 g/mol. The minimum Gasteiger partial charge on any atom is -0.504 e. The van der Waals surface area contributed by atoms with E-state index in [9.17, 15) is 54.6 Å². The third-order valence-electron chi connectivity index (χ3n) is 9.40. The highest BCUT2D eigenvalue weighted by atomic mass is 16.3. The van der Waals surface area contributed by atoms with E-state index in [1.807, 2.05) is 27.7 Å². The van der Waals surface area contributed by atoms with Gasteiger partial charge in [-0.15, -0.1) is 0 Å². The van der Waals surface area contributed by atoms with E-state index in [0.717, 1.165) is 0 Å². The third-order valence-corrected chi connectivity index (χ3v) is 9.40. The quantitative estimate of drug-likeness (QED) is 0.0422. The molecule has 0 heterocycles. The van der Waals surface area contributed by atoms with Crippen LogP contribution < -0.4 is 26.6 Å². The Morgan fingerprint density at radius 2 is 0.893 bits per heavy atom. The lowest BCUT2D eigenvalue weighted by Gasteiger charge is -2.40. The van der Waals surface area contributed by atoms with Crippen molar-refractivity contribution in [2.75, 3.05) is 19.6 Å². The molecule has 0 bridgehead atoms. The molecule has 0 radical (unpaired) electrons. The maximum atomic E-state index is 14.6. The summed E-state index contributed by atoms with van der Waals surface area (Å²) in [6.07, 6.45) is 2.36. The van der Waals surface area contributed by atoms with Crippen molar-refractivity contribution in [2.45, 2.75) is 83.7 Å². The van der Waals surface area contributed by atoms with E-state index >= 15 is 0 Å². The molecule has 56 heavy (non-hydrogen) atoms. The number of phenolic OH excluding ortho intramolecular Hbond substituents is 6. The van der Waals surface area contributed by atoms with E-state index in [2.05, 4.69) is 26.6 Å². The lowest BCUT2D eigenvalue weighted by atomic mass is 9.73. The molecule has 0 fully saturated rings. The molecule has 16 nitrogen and oxygen atoms in total. The van der Waals surface area contributed by atoms with Crippen LogP contribution in [0.4, 0.5) is 0 Å². The van der Waals surface area contributed by atoms with Crippen LogP contribution in [0.2, 0.25) is 0 Å². The molecule has 0 saturated carbocycles. The number of carbonyl (C=O) groups is 5. The van der Waals surface area contributed by atoms with Crippen molar-refractivity contribution in [1.82, 2.24) is 26.6 Å². The fourth-order valence-electron chi connectivity index (χ4n) is 6.83. The van der Waals surface area contributed by atoms with E-state index in [-0.39, 0.29) is 80.8 Å². The zero-order valence-corrected chi connectivity index (χ0v) is 32.1. The molecule has 3 rings (SSSR count). The summed E-state index contributed by atoms with van der Waals surface area (Å²) in [5.74, 6) is -5.38. The highest BCUT2D eigenvalue weighted by molar-refractivity contribution is 5.98. The molecular weight excluding hydrogens is 726 g/mol. The van der Waals surface area contributed by atoms with Gasteiger partial charge in [0.1, 0.15) is 0 Å². The number of hydrogen-bond donors (Lipinski definition) is 11. The fourth-order valence-corrected chi connectivity index (χ4v) is 6.83. The summed E-state index contributed by atoms with van der Waals surface area (Å²) in [6.45, 7) is 7.48. The van der Waals surface area contributed by atoms with Gasteiger partial charge in [0.2, 0.25) is 12.3 Å². The minimum atomic E-state index is -1.16. The Morgan fingerprint density at radius 1 is 0.554 bits per heavy atom. The van der Waals surface area contributed by atoms with Crippen molar-refractivity contribution >= 4 is 30.0 Å². The van der Waals surface area contributed by atoms with Crippen molar-refractivity contribution in [3.05, 3.63) is 71.3 Å². The summed E-state index contributed by atoms with van der Waals surface area (Å²) in [5, 5.41) is 74.1. The number of amides is 5. The Hall–Kier alpha value is -6.19. The number of carbonyl (C=O) groups excluding carboxylic acids is 5. The Bertz CT molecular complexity index is 1710. The fraction of sp³-hybridized carbons (Fsp3) is 0.425. The predicted molar refractivity (Wildman–Crippen MR) is 207 cm³/mol. The molecular formula is C40H53N5O11. The van der Waals surface area contributed by atoms with Gasteiger partial charge < -0.3 is 57.2 Å². The smallest absolute Gasteiger partial charge is 0.255 e. The summed E-state index contributed by atoms with van der Waals surface area (Å²) < 4.78 is 0. The molecule has 3 aromatic rings. The number of phenols is 6. The second-order valence-electron chi connectivity index (χ2n) is 15.0. The van der Waals surface area contributed by atoms with Gasteiger partial charge in [-0.1, -0.05) is 18.2 Å². The van der Waals surface area contributed by atoms with E-state index in [1.54, 1.807) is 0 Å². The van der Waals surface area contributed by atoms with Gasteiger partial charge >= 0.3 is 0 Å². The van der Waals surface area contributed by atoms with Crippen LogP contribution in [0.5, 0.6) is 34.5 Å². The van der Waals surface area contributed by atoms with E-state index in [0.29, 0.717) is 12.8 Å². The first-order valence-corrected chi connectivity index (χ1v) is 18.2. The average Bonchev–Trinajstić information content (AvgIpc) is 3.12. The Balaban J connectivity index is 1.87. The molecule has 11 N–H and O–H groups in total. The number of rotatable bonds is 21. The van der Waals surface area contributed by atoms with Gasteiger partial charge in [-0.2, -0.15) is 0 Å². The van der Waals surface area contributed by atoms with E-state index in [4.69, 9.17) is 0 Å². The second kappa shape index (κ2) is 19.4. The van der Waals surface area contributed by atoms with Crippen LogP contribution in [0.3, 0.4) is 0 Å². The minimum absolute atomic E-state index is 0.0731. The van der Waals surface area contributed by atoms with Crippen molar-refractivity contribution < 1.29 is 54.6 Å². The van der Waals surface area contributed by atoms with Gasteiger partial charge in [0.05, 0.1) is 16.7 Å². The van der Waals surface area contributed by atoms with Crippen LogP contribution in [0, 0.1) is 5.41 Å². The normalized spacial score (nSPS) is 11.6. The monoisotopic (exact) mass is 779 g/mol. The molecule has 0 aromatic heterocycles. The highest BCUT2D eigenvalue weighted by Gasteiger charge is 2.40. The van der Waals surface area contributed by atoms with Crippen LogP contribution in [-0.2, 0) is 9.59 Å².